The summed E-state index contributed by atoms with van der Waals surface area (Å²) in [7, 11) is 1.44. The first-order chi connectivity index (χ1) is 13.1. The van der Waals surface area contributed by atoms with Crippen LogP contribution >= 0.6 is 11.8 Å². The molecule has 2 rings (SSSR count). The minimum atomic E-state index is -0.553. The minimum absolute atomic E-state index is 0.00749. The lowest BCUT2D eigenvalue weighted by Gasteiger charge is -2.31. The van der Waals surface area contributed by atoms with Crippen LogP contribution in [0.15, 0.2) is 24.3 Å². The van der Waals surface area contributed by atoms with Crippen LogP contribution in [0.2, 0.25) is 0 Å². The van der Waals surface area contributed by atoms with E-state index in [4.69, 9.17) is 9.47 Å². The molecule has 1 aromatic carbocycles. The summed E-state index contributed by atoms with van der Waals surface area (Å²) >= 11 is 1.83. The van der Waals surface area contributed by atoms with Crippen LogP contribution in [0.25, 0.3) is 0 Å². The number of likely N-dealkylation sites (tertiary alicyclic amines) is 1. The Morgan fingerprint density at radius 2 is 2.19 bits per heavy atom. The number of thioether (sulfide) groups is 1. The average Bonchev–Trinajstić information content (AvgIpc) is 2.70. The smallest absolute Gasteiger partial charge is 0.308 e. The van der Waals surface area contributed by atoms with Crippen LogP contribution in [0.3, 0.4) is 0 Å². The van der Waals surface area contributed by atoms with E-state index in [9.17, 15) is 9.90 Å². The highest BCUT2D eigenvalue weighted by Crippen LogP contribution is 2.19. The average molecular weight is 397 g/mol. The molecule has 0 spiro atoms. The first-order valence-corrected chi connectivity index (χ1v) is 10.9. The Hall–Kier alpha value is -1.28. The third-order valence-corrected chi connectivity index (χ3v) is 5.36. The Morgan fingerprint density at radius 1 is 1.41 bits per heavy atom. The van der Waals surface area contributed by atoms with Crippen molar-refractivity contribution in [1.82, 2.24) is 10.2 Å². The molecule has 1 fully saturated rings. The Balaban J connectivity index is 1.68. The van der Waals surface area contributed by atoms with Gasteiger partial charge in [0.15, 0.2) is 0 Å². The summed E-state index contributed by atoms with van der Waals surface area (Å²) in [5.74, 6) is 1.75. The highest BCUT2D eigenvalue weighted by Gasteiger charge is 2.26. The zero-order chi connectivity index (χ0) is 19.5. The summed E-state index contributed by atoms with van der Waals surface area (Å²) in [5, 5.41) is 13.7. The van der Waals surface area contributed by atoms with E-state index in [-0.39, 0.29) is 18.5 Å². The SMILES string of the molecule is COC(=O)C1CCN(C[C@@H](O)COc2cccc(CNCCSC)c2)CC1. The van der Waals surface area contributed by atoms with E-state index >= 15 is 0 Å². The lowest BCUT2D eigenvalue weighted by Crippen LogP contribution is -2.42. The number of aliphatic hydroxyl groups excluding tert-OH is 1. The first kappa shape index (κ1) is 22.0. The molecule has 1 saturated heterocycles. The van der Waals surface area contributed by atoms with Crippen LogP contribution in [0.5, 0.6) is 5.75 Å². The molecule has 0 aromatic heterocycles. The Morgan fingerprint density at radius 3 is 2.89 bits per heavy atom. The van der Waals surface area contributed by atoms with Crippen molar-refractivity contribution in [2.24, 2.45) is 5.92 Å². The van der Waals surface area contributed by atoms with Gasteiger partial charge in [0.2, 0.25) is 0 Å². The molecule has 0 bridgehead atoms. The van der Waals surface area contributed by atoms with Gasteiger partial charge in [0.25, 0.3) is 0 Å². The summed E-state index contributed by atoms with van der Waals surface area (Å²) in [6.07, 6.45) is 3.11. The molecule has 2 N–H and O–H groups in total. The number of hydrogen-bond acceptors (Lipinski definition) is 7. The van der Waals surface area contributed by atoms with Crippen molar-refractivity contribution in [3.8, 4) is 5.75 Å². The van der Waals surface area contributed by atoms with E-state index in [1.54, 1.807) is 0 Å². The van der Waals surface area contributed by atoms with Crippen molar-refractivity contribution >= 4 is 17.7 Å². The first-order valence-electron chi connectivity index (χ1n) is 9.52. The molecule has 1 aliphatic heterocycles. The van der Waals surface area contributed by atoms with E-state index in [2.05, 4.69) is 22.5 Å². The van der Waals surface area contributed by atoms with Crippen LogP contribution in [0.4, 0.5) is 0 Å². The van der Waals surface area contributed by atoms with E-state index < -0.39 is 6.10 Å². The second kappa shape index (κ2) is 12.2. The van der Waals surface area contributed by atoms with Gasteiger partial charge in [-0.1, -0.05) is 12.1 Å². The van der Waals surface area contributed by atoms with Crippen molar-refractivity contribution in [2.45, 2.75) is 25.5 Å². The molecule has 27 heavy (non-hydrogen) atoms. The van der Waals surface area contributed by atoms with Crippen LogP contribution in [0, 0.1) is 5.92 Å². The molecule has 1 atom stereocenters. The highest BCUT2D eigenvalue weighted by atomic mass is 32.2. The predicted octanol–water partition coefficient (Wildman–Crippen LogP) is 1.76. The molecule has 152 valence electrons. The number of nitrogens with zero attached hydrogens (tertiary/aromatic N) is 1. The van der Waals surface area contributed by atoms with Gasteiger partial charge in [-0.3, -0.25) is 4.79 Å². The number of rotatable bonds is 11. The summed E-state index contributed by atoms with van der Waals surface area (Å²) in [6.45, 7) is 4.22. The van der Waals surface area contributed by atoms with E-state index in [1.165, 1.54) is 12.7 Å². The standard InChI is InChI=1S/C20H32N2O4S/c1-25-20(24)17-6-9-22(10-7-17)14-18(23)15-26-19-5-3-4-16(12-19)13-21-8-11-27-2/h3-5,12,17-18,21,23H,6-11,13-15H2,1-2H3/t18-/m1/s1. The number of carbonyl (C=O) groups excluding carboxylic acids is 1. The summed E-state index contributed by atoms with van der Waals surface area (Å²) in [4.78, 5) is 13.7. The van der Waals surface area contributed by atoms with Gasteiger partial charge in [0, 0.05) is 25.4 Å². The van der Waals surface area contributed by atoms with Crippen molar-refractivity contribution in [2.75, 3.05) is 51.9 Å². The second-order valence-corrected chi connectivity index (χ2v) is 7.87. The van der Waals surface area contributed by atoms with E-state index in [0.29, 0.717) is 6.54 Å². The normalized spacial score (nSPS) is 16.9. The Bertz CT molecular complexity index is 565. The Kier molecular flexibility index (Phi) is 9.97. The maximum absolute atomic E-state index is 11.6. The van der Waals surface area contributed by atoms with Crippen LogP contribution in [0.1, 0.15) is 18.4 Å². The number of carbonyl (C=O) groups is 1. The van der Waals surface area contributed by atoms with Gasteiger partial charge in [-0.2, -0.15) is 11.8 Å². The maximum Gasteiger partial charge on any atom is 0.308 e. The number of piperidine rings is 1. The summed E-state index contributed by atoms with van der Waals surface area (Å²) in [6, 6.07) is 7.98. The predicted molar refractivity (Wildman–Crippen MR) is 109 cm³/mol. The van der Waals surface area contributed by atoms with Gasteiger partial charge in [0.1, 0.15) is 18.5 Å². The third kappa shape index (κ3) is 8.09. The molecule has 1 aliphatic rings. The Labute approximate surface area is 166 Å². The zero-order valence-electron chi connectivity index (χ0n) is 16.4. The van der Waals surface area contributed by atoms with E-state index in [0.717, 1.165) is 50.5 Å². The molecule has 1 heterocycles. The highest BCUT2D eigenvalue weighted by molar-refractivity contribution is 7.98. The summed E-state index contributed by atoms with van der Waals surface area (Å²) in [5.41, 5.74) is 1.17. The van der Waals surface area contributed by atoms with Crippen LogP contribution in [-0.4, -0.2) is 74.0 Å². The number of nitrogens with one attached hydrogen (secondary N) is 1. The van der Waals surface area contributed by atoms with E-state index in [1.807, 2.05) is 30.0 Å². The number of hydrogen-bond donors (Lipinski definition) is 2. The largest absolute Gasteiger partial charge is 0.491 e. The number of benzene rings is 1. The number of β-amino-alcohol motifs (C(OH)–C–C–N with tert-alkyl or cyclic N) is 1. The lowest BCUT2D eigenvalue weighted by molar-refractivity contribution is -0.147. The molecular weight excluding hydrogens is 364 g/mol. The van der Waals surface area contributed by atoms with Gasteiger partial charge in [-0.25, -0.2) is 0 Å². The summed E-state index contributed by atoms with van der Waals surface area (Å²) < 4.78 is 10.6. The molecule has 0 unspecified atom stereocenters. The molecule has 0 saturated carbocycles. The van der Waals surface area contributed by atoms with Crippen LogP contribution in [-0.2, 0) is 16.1 Å². The van der Waals surface area contributed by atoms with Gasteiger partial charge < -0.3 is 24.8 Å². The number of methoxy groups -OCH3 is 1. The monoisotopic (exact) mass is 396 g/mol. The van der Waals surface area contributed by atoms with Crippen molar-refractivity contribution in [3.63, 3.8) is 0 Å². The number of aliphatic hydroxyl groups is 1. The third-order valence-electron chi connectivity index (χ3n) is 4.74. The second-order valence-electron chi connectivity index (χ2n) is 6.88. The molecule has 0 amide bonds. The maximum atomic E-state index is 11.6. The van der Waals surface area contributed by atoms with Gasteiger partial charge in [-0.15, -0.1) is 0 Å². The molecule has 7 heteroatoms. The van der Waals surface area contributed by atoms with Crippen molar-refractivity contribution in [3.05, 3.63) is 29.8 Å². The van der Waals surface area contributed by atoms with Crippen LogP contribution < -0.4 is 10.1 Å². The number of ether oxygens (including phenoxy) is 2. The van der Waals surface area contributed by atoms with Gasteiger partial charge in [-0.05, 0) is 49.9 Å². The fourth-order valence-electron chi connectivity index (χ4n) is 3.21. The lowest BCUT2D eigenvalue weighted by atomic mass is 9.97. The molecule has 6 nitrogen and oxygen atoms in total. The molecule has 0 aliphatic carbocycles. The molecule has 1 aromatic rings. The fraction of sp³-hybridized carbons (Fsp3) is 0.650. The van der Waals surface area contributed by atoms with Gasteiger partial charge >= 0.3 is 5.97 Å². The van der Waals surface area contributed by atoms with Crippen molar-refractivity contribution in [1.29, 1.82) is 0 Å². The quantitative estimate of drug-likeness (QED) is 0.436. The zero-order valence-corrected chi connectivity index (χ0v) is 17.2. The van der Waals surface area contributed by atoms with Crippen molar-refractivity contribution < 1.29 is 19.4 Å². The van der Waals surface area contributed by atoms with Gasteiger partial charge in [0.05, 0.1) is 13.0 Å². The number of esters is 1. The molecular formula is C20H32N2O4S. The topological polar surface area (TPSA) is 71.0 Å². The molecule has 0 radical (unpaired) electrons. The fourth-order valence-corrected chi connectivity index (χ4v) is 3.56. The minimum Gasteiger partial charge on any atom is -0.491 e.